The smallest absolute Gasteiger partial charge is 0.201 e. The van der Waals surface area contributed by atoms with Crippen molar-refractivity contribution in [1.29, 1.82) is 0 Å². The maximum absolute atomic E-state index is 10.6. The van der Waals surface area contributed by atoms with Crippen molar-refractivity contribution >= 4 is 30.4 Å². The van der Waals surface area contributed by atoms with E-state index in [4.69, 9.17) is 0 Å². The fourth-order valence-electron chi connectivity index (χ4n) is 0.594. The summed E-state index contributed by atoms with van der Waals surface area (Å²) in [4.78, 5) is 10.6. The Morgan fingerprint density at radius 3 is 2.22 bits per heavy atom. The fraction of sp³-hybridized carbons (Fsp3) is 0.833. The minimum absolute atomic E-state index is 0.146. The molecule has 0 aliphatic heterocycles. The van der Waals surface area contributed by atoms with Crippen molar-refractivity contribution in [2.45, 2.75) is 31.4 Å². The predicted molar refractivity (Wildman–Crippen MR) is 46.3 cm³/mol. The molecule has 0 heterocycles. The molecule has 0 aromatic carbocycles. The third-order valence-corrected chi connectivity index (χ3v) is 2.29. The molecular weight excluding hydrogens is 152 g/mol. The molecule has 0 aromatic rings. The number of rotatable bonds is 3. The lowest BCUT2D eigenvalue weighted by atomic mass is 10.1. The number of carbonyl (C=O) groups is 1. The Bertz CT molecular complexity index is 110. The molecule has 0 spiro atoms. The summed E-state index contributed by atoms with van der Waals surface area (Å²) in [5, 5.41) is -0.146. The molecule has 0 bridgehead atoms. The van der Waals surface area contributed by atoms with Crippen LogP contribution in [0.3, 0.4) is 0 Å². The molecular formula is C6H12OS2. The van der Waals surface area contributed by atoms with Crippen molar-refractivity contribution in [2.75, 3.05) is 0 Å². The first-order valence-electron chi connectivity index (χ1n) is 2.96. The molecule has 54 valence electrons. The molecule has 0 saturated heterocycles. The second-order valence-corrected chi connectivity index (χ2v) is 3.72. The van der Waals surface area contributed by atoms with Crippen LogP contribution in [-0.2, 0) is 4.79 Å². The lowest BCUT2D eigenvalue weighted by molar-refractivity contribution is -0.112. The van der Waals surface area contributed by atoms with Gasteiger partial charge in [0.25, 0.3) is 0 Å². The number of carbonyl (C=O) groups excluding carboxylic acids is 1. The average molecular weight is 164 g/mol. The molecule has 1 unspecified atom stereocenters. The zero-order chi connectivity index (χ0) is 7.49. The Hall–Kier alpha value is 0.370. The summed E-state index contributed by atoms with van der Waals surface area (Å²) in [6, 6.07) is 0. The Kier molecular flexibility index (Phi) is 3.66. The predicted octanol–water partition coefficient (Wildman–Crippen LogP) is 1.93. The Balaban J connectivity index is 3.85. The third-order valence-electron chi connectivity index (χ3n) is 1.20. The highest BCUT2D eigenvalue weighted by Gasteiger charge is 2.23. The molecule has 0 N–H and O–H groups in total. The first-order chi connectivity index (χ1) is 4.00. The van der Waals surface area contributed by atoms with Crippen molar-refractivity contribution in [1.82, 2.24) is 0 Å². The molecule has 0 saturated carbocycles. The van der Waals surface area contributed by atoms with Gasteiger partial charge in [0.2, 0.25) is 5.12 Å². The van der Waals surface area contributed by atoms with E-state index in [9.17, 15) is 4.79 Å². The van der Waals surface area contributed by atoms with Crippen molar-refractivity contribution in [3.05, 3.63) is 0 Å². The zero-order valence-corrected chi connectivity index (χ0v) is 7.51. The van der Waals surface area contributed by atoms with Gasteiger partial charge in [-0.1, -0.05) is 13.3 Å². The van der Waals surface area contributed by atoms with Crippen LogP contribution in [0.25, 0.3) is 0 Å². The quantitative estimate of drug-likeness (QED) is 0.610. The number of thiol groups is 2. The van der Waals surface area contributed by atoms with Gasteiger partial charge < -0.3 is 0 Å². The highest BCUT2D eigenvalue weighted by molar-refractivity contribution is 7.99. The second kappa shape index (κ2) is 3.52. The van der Waals surface area contributed by atoms with Crippen LogP contribution in [-0.4, -0.2) is 9.86 Å². The van der Waals surface area contributed by atoms with Gasteiger partial charge in [-0.15, -0.1) is 12.6 Å². The summed E-state index contributed by atoms with van der Waals surface area (Å²) in [6.45, 7) is 3.81. The van der Waals surface area contributed by atoms with Gasteiger partial charge >= 0.3 is 0 Å². The minimum atomic E-state index is -0.530. The summed E-state index contributed by atoms with van der Waals surface area (Å²) in [7, 11) is 0. The van der Waals surface area contributed by atoms with Crippen LogP contribution in [0, 0.1) is 0 Å². The number of hydrogen-bond donors (Lipinski definition) is 2. The van der Waals surface area contributed by atoms with E-state index in [0.717, 1.165) is 12.8 Å². The third kappa shape index (κ3) is 3.16. The molecule has 0 amide bonds. The molecule has 9 heavy (non-hydrogen) atoms. The van der Waals surface area contributed by atoms with Crippen molar-refractivity contribution in [2.24, 2.45) is 0 Å². The van der Waals surface area contributed by atoms with Crippen molar-refractivity contribution < 1.29 is 4.79 Å². The van der Waals surface area contributed by atoms with E-state index in [2.05, 4.69) is 25.3 Å². The van der Waals surface area contributed by atoms with Crippen LogP contribution < -0.4 is 0 Å². The van der Waals surface area contributed by atoms with Gasteiger partial charge in [0.1, 0.15) is 0 Å². The van der Waals surface area contributed by atoms with Crippen LogP contribution in [0.5, 0.6) is 0 Å². The largest absolute Gasteiger partial charge is 0.286 e. The highest BCUT2D eigenvalue weighted by atomic mass is 32.1. The van der Waals surface area contributed by atoms with Crippen LogP contribution >= 0.6 is 25.3 Å². The van der Waals surface area contributed by atoms with E-state index in [1.165, 1.54) is 0 Å². The van der Waals surface area contributed by atoms with E-state index < -0.39 is 4.75 Å². The molecule has 0 aliphatic carbocycles. The molecule has 0 aliphatic rings. The van der Waals surface area contributed by atoms with Crippen LogP contribution in [0.2, 0.25) is 0 Å². The summed E-state index contributed by atoms with van der Waals surface area (Å²) in [6.07, 6.45) is 1.75. The Morgan fingerprint density at radius 1 is 1.67 bits per heavy atom. The molecule has 0 fully saturated rings. The Labute approximate surface area is 67.0 Å². The van der Waals surface area contributed by atoms with E-state index in [0.29, 0.717) is 0 Å². The Morgan fingerprint density at radius 2 is 2.11 bits per heavy atom. The molecule has 0 radical (unpaired) electrons. The van der Waals surface area contributed by atoms with Gasteiger partial charge in [-0.25, -0.2) is 0 Å². The SMILES string of the molecule is CCCC(C)(S)C(=O)S. The van der Waals surface area contributed by atoms with Crippen molar-refractivity contribution in [3.63, 3.8) is 0 Å². The molecule has 3 heteroatoms. The molecule has 1 nitrogen and oxygen atoms in total. The number of hydrogen-bond acceptors (Lipinski definition) is 2. The van der Waals surface area contributed by atoms with Gasteiger partial charge in [0.15, 0.2) is 0 Å². The zero-order valence-electron chi connectivity index (χ0n) is 5.72. The minimum Gasteiger partial charge on any atom is -0.286 e. The molecule has 0 rings (SSSR count). The van der Waals surface area contributed by atoms with E-state index in [-0.39, 0.29) is 5.12 Å². The van der Waals surface area contributed by atoms with Crippen LogP contribution in [0.4, 0.5) is 0 Å². The van der Waals surface area contributed by atoms with Gasteiger partial charge in [-0.3, -0.25) is 4.79 Å². The summed E-state index contributed by atoms with van der Waals surface area (Å²) < 4.78 is -0.530. The van der Waals surface area contributed by atoms with Gasteiger partial charge in [-0.2, -0.15) is 12.6 Å². The second-order valence-electron chi connectivity index (χ2n) is 2.33. The van der Waals surface area contributed by atoms with Gasteiger partial charge in [0.05, 0.1) is 4.75 Å². The van der Waals surface area contributed by atoms with Crippen LogP contribution in [0.15, 0.2) is 0 Å². The maximum Gasteiger partial charge on any atom is 0.201 e. The van der Waals surface area contributed by atoms with E-state index in [1.54, 1.807) is 6.92 Å². The highest BCUT2D eigenvalue weighted by Crippen LogP contribution is 2.22. The average Bonchev–Trinajstić information content (AvgIpc) is 1.65. The van der Waals surface area contributed by atoms with Crippen LogP contribution in [0.1, 0.15) is 26.7 Å². The lowest BCUT2D eigenvalue weighted by Gasteiger charge is -2.17. The van der Waals surface area contributed by atoms with E-state index >= 15 is 0 Å². The van der Waals surface area contributed by atoms with Gasteiger partial charge in [-0.05, 0) is 13.3 Å². The molecule has 0 aromatic heterocycles. The summed E-state index contributed by atoms with van der Waals surface area (Å²) >= 11 is 7.83. The molecule has 1 atom stereocenters. The standard InChI is InChI=1S/C6H12OS2/c1-3-4-6(2,9)5(7)8/h9H,3-4H2,1-2H3,(H,7,8). The first kappa shape index (κ1) is 9.37. The summed E-state index contributed by atoms with van der Waals surface area (Å²) in [5.41, 5.74) is 0. The van der Waals surface area contributed by atoms with E-state index in [1.807, 2.05) is 6.92 Å². The monoisotopic (exact) mass is 164 g/mol. The van der Waals surface area contributed by atoms with Crippen molar-refractivity contribution in [3.8, 4) is 0 Å². The topological polar surface area (TPSA) is 17.1 Å². The maximum atomic E-state index is 10.6. The fourth-order valence-corrected chi connectivity index (χ4v) is 0.929. The van der Waals surface area contributed by atoms with Gasteiger partial charge in [0, 0.05) is 0 Å². The first-order valence-corrected chi connectivity index (χ1v) is 3.86. The normalized spacial score (nSPS) is 16.9. The summed E-state index contributed by atoms with van der Waals surface area (Å²) in [5.74, 6) is 0. The lowest BCUT2D eigenvalue weighted by Crippen LogP contribution is -2.23.